The molecule has 0 radical (unpaired) electrons. The van der Waals surface area contributed by atoms with Crippen molar-refractivity contribution in [3.05, 3.63) is 95.1 Å². The number of fused-ring (bicyclic) bond motifs is 3. The number of rotatable bonds is 10. The standard InChI is InChI=1S/C32H33N5O4S/c1-4-27(30(39)34-19-21-11-9-20(2)10-12-21)42-32-36-25-8-6-5-7-24(25)29-35-26(31(40)37(29)32)17-28(38)33-18-22-13-15-23(41-3)16-14-22/h5-16,26-27H,4,17-19H2,1-3H3,(H,33,38)(H,34,39)/t26-,27+/m0/s1. The third kappa shape index (κ3) is 6.54. The van der Waals surface area contributed by atoms with Gasteiger partial charge < -0.3 is 15.4 Å². The van der Waals surface area contributed by atoms with Gasteiger partial charge in [-0.05, 0) is 48.7 Å². The second kappa shape index (κ2) is 13.0. The van der Waals surface area contributed by atoms with Crippen LogP contribution in [0.4, 0.5) is 5.69 Å². The molecule has 9 nitrogen and oxygen atoms in total. The number of aliphatic imine (C=N–C) groups is 2. The quantitative estimate of drug-likeness (QED) is 0.365. The number of benzene rings is 3. The minimum atomic E-state index is -0.886. The number of para-hydroxylation sites is 1. The molecule has 216 valence electrons. The van der Waals surface area contributed by atoms with Gasteiger partial charge in [0.05, 0.1) is 24.5 Å². The molecule has 0 fully saturated rings. The molecule has 0 bridgehead atoms. The predicted octanol–water partition coefficient (Wildman–Crippen LogP) is 4.50. The molecule has 0 unspecified atom stereocenters. The van der Waals surface area contributed by atoms with Gasteiger partial charge in [-0.15, -0.1) is 0 Å². The Labute approximate surface area is 249 Å². The highest BCUT2D eigenvalue weighted by atomic mass is 32.2. The van der Waals surface area contributed by atoms with Gasteiger partial charge in [0, 0.05) is 18.7 Å². The maximum atomic E-state index is 13.6. The minimum absolute atomic E-state index is 0.0939. The molecule has 0 aliphatic carbocycles. The highest BCUT2D eigenvalue weighted by molar-refractivity contribution is 8.15. The summed E-state index contributed by atoms with van der Waals surface area (Å²) in [4.78, 5) is 50.5. The number of thioether (sulfide) groups is 1. The van der Waals surface area contributed by atoms with E-state index in [1.807, 2.05) is 86.6 Å². The van der Waals surface area contributed by atoms with Crippen molar-refractivity contribution in [2.75, 3.05) is 7.11 Å². The first-order chi connectivity index (χ1) is 20.4. The summed E-state index contributed by atoms with van der Waals surface area (Å²) < 4.78 is 5.18. The maximum Gasteiger partial charge on any atom is 0.259 e. The summed E-state index contributed by atoms with van der Waals surface area (Å²) in [6, 6.07) is 22.0. The number of aryl methyl sites for hydroxylation is 1. The largest absolute Gasteiger partial charge is 0.497 e. The van der Waals surface area contributed by atoms with Crippen molar-refractivity contribution in [2.45, 2.75) is 51.1 Å². The first kappa shape index (κ1) is 29.1. The van der Waals surface area contributed by atoms with Crippen LogP contribution in [0.25, 0.3) is 0 Å². The Morgan fingerprint density at radius 2 is 1.64 bits per heavy atom. The van der Waals surface area contributed by atoms with Crippen LogP contribution in [0.3, 0.4) is 0 Å². The second-order valence-corrected chi connectivity index (χ2v) is 11.3. The first-order valence-electron chi connectivity index (χ1n) is 13.9. The van der Waals surface area contributed by atoms with Gasteiger partial charge in [0.25, 0.3) is 5.91 Å². The van der Waals surface area contributed by atoms with Gasteiger partial charge in [-0.25, -0.2) is 9.89 Å². The number of amides is 3. The van der Waals surface area contributed by atoms with Crippen molar-refractivity contribution in [3.63, 3.8) is 0 Å². The van der Waals surface area contributed by atoms with E-state index in [-0.39, 0.29) is 24.1 Å². The van der Waals surface area contributed by atoms with Crippen LogP contribution in [-0.2, 0) is 27.5 Å². The van der Waals surface area contributed by atoms with E-state index in [4.69, 9.17) is 9.73 Å². The number of amidine groups is 2. The zero-order valence-corrected chi connectivity index (χ0v) is 24.6. The van der Waals surface area contributed by atoms with Gasteiger partial charge in [-0.1, -0.05) is 72.8 Å². The van der Waals surface area contributed by atoms with Gasteiger partial charge in [0.2, 0.25) is 11.8 Å². The number of ether oxygens (including phenoxy) is 1. The van der Waals surface area contributed by atoms with Crippen molar-refractivity contribution in [1.82, 2.24) is 15.5 Å². The summed E-state index contributed by atoms with van der Waals surface area (Å²) in [5, 5.41) is 5.80. The zero-order chi connectivity index (χ0) is 29.6. The number of hydrogen-bond donors (Lipinski definition) is 2. The summed E-state index contributed by atoms with van der Waals surface area (Å²) in [6.45, 7) is 4.68. The average Bonchev–Trinajstić information content (AvgIpc) is 3.34. The molecule has 2 aliphatic rings. The van der Waals surface area contributed by atoms with Crippen LogP contribution in [0.2, 0.25) is 0 Å². The lowest BCUT2D eigenvalue weighted by atomic mass is 10.1. The van der Waals surface area contributed by atoms with E-state index in [0.717, 1.165) is 22.4 Å². The number of carbonyl (C=O) groups is 3. The lowest BCUT2D eigenvalue weighted by molar-refractivity contribution is -0.128. The van der Waals surface area contributed by atoms with Crippen LogP contribution in [0.5, 0.6) is 5.75 Å². The third-order valence-electron chi connectivity index (χ3n) is 7.07. The smallest absolute Gasteiger partial charge is 0.259 e. The highest BCUT2D eigenvalue weighted by Gasteiger charge is 2.43. The summed E-state index contributed by atoms with van der Waals surface area (Å²) in [7, 11) is 1.60. The van der Waals surface area contributed by atoms with Crippen LogP contribution in [0.1, 0.15) is 42.0 Å². The molecule has 0 spiro atoms. The topological polar surface area (TPSA) is 112 Å². The Morgan fingerprint density at radius 1 is 0.976 bits per heavy atom. The van der Waals surface area contributed by atoms with Crippen LogP contribution in [0.15, 0.2) is 82.8 Å². The van der Waals surface area contributed by atoms with E-state index in [9.17, 15) is 14.4 Å². The molecule has 42 heavy (non-hydrogen) atoms. The van der Waals surface area contributed by atoms with E-state index >= 15 is 0 Å². The molecule has 2 N–H and O–H groups in total. The van der Waals surface area contributed by atoms with Gasteiger partial charge >= 0.3 is 0 Å². The number of methoxy groups -OCH3 is 1. The van der Waals surface area contributed by atoms with Gasteiger partial charge in [0.15, 0.2) is 5.17 Å². The predicted molar refractivity (Wildman–Crippen MR) is 165 cm³/mol. The number of hydrogen-bond acceptors (Lipinski definition) is 7. The molecule has 3 aromatic carbocycles. The van der Waals surface area contributed by atoms with Crippen LogP contribution in [-0.4, -0.2) is 52.0 Å². The SMILES string of the molecule is CC[C@@H](SC1=Nc2ccccc2C2=N[C@@H](CC(=O)NCc3ccc(OC)cc3)C(=O)N12)C(=O)NCc1ccc(C)cc1. The van der Waals surface area contributed by atoms with Gasteiger partial charge in [-0.3, -0.25) is 19.4 Å². The fourth-order valence-corrected chi connectivity index (χ4v) is 5.71. The summed E-state index contributed by atoms with van der Waals surface area (Å²) in [6.07, 6.45) is 0.445. The monoisotopic (exact) mass is 583 g/mol. The van der Waals surface area contributed by atoms with Crippen molar-refractivity contribution in [3.8, 4) is 5.75 Å². The summed E-state index contributed by atoms with van der Waals surface area (Å²) in [5.74, 6) is 0.439. The fraction of sp³-hybridized carbons (Fsp3) is 0.281. The van der Waals surface area contributed by atoms with Gasteiger partial charge in [-0.2, -0.15) is 0 Å². The maximum absolute atomic E-state index is 13.6. The second-order valence-electron chi connectivity index (χ2n) is 10.1. The fourth-order valence-electron chi connectivity index (χ4n) is 4.66. The minimum Gasteiger partial charge on any atom is -0.497 e. The van der Waals surface area contributed by atoms with E-state index in [1.54, 1.807) is 7.11 Å². The Morgan fingerprint density at radius 3 is 2.33 bits per heavy atom. The molecule has 0 aromatic heterocycles. The zero-order valence-electron chi connectivity index (χ0n) is 23.8. The van der Waals surface area contributed by atoms with E-state index in [1.165, 1.54) is 16.7 Å². The molecular formula is C32H33N5O4S. The molecule has 3 amide bonds. The summed E-state index contributed by atoms with van der Waals surface area (Å²) >= 11 is 1.24. The molecular weight excluding hydrogens is 550 g/mol. The third-order valence-corrected chi connectivity index (χ3v) is 8.39. The van der Waals surface area contributed by atoms with E-state index < -0.39 is 11.3 Å². The molecule has 5 rings (SSSR count). The molecule has 2 atom stereocenters. The molecule has 10 heteroatoms. The Bertz CT molecular complexity index is 1540. The van der Waals surface area contributed by atoms with Crippen LogP contribution < -0.4 is 15.4 Å². The molecule has 2 aliphatic heterocycles. The Balaban J connectivity index is 1.28. The van der Waals surface area contributed by atoms with Crippen molar-refractivity contribution >= 4 is 46.2 Å². The lowest BCUT2D eigenvalue weighted by Gasteiger charge is -2.27. The van der Waals surface area contributed by atoms with Crippen LogP contribution in [0, 0.1) is 6.92 Å². The van der Waals surface area contributed by atoms with Crippen LogP contribution >= 0.6 is 11.8 Å². The van der Waals surface area contributed by atoms with E-state index in [2.05, 4.69) is 15.6 Å². The lowest BCUT2D eigenvalue weighted by Crippen LogP contribution is -2.43. The normalized spacial score (nSPS) is 16.1. The number of nitrogens with zero attached hydrogens (tertiary/aromatic N) is 3. The first-order valence-corrected chi connectivity index (χ1v) is 14.7. The Kier molecular flexibility index (Phi) is 9.02. The molecule has 2 heterocycles. The van der Waals surface area contributed by atoms with Crippen molar-refractivity contribution in [2.24, 2.45) is 9.98 Å². The van der Waals surface area contributed by atoms with Crippen molar-refractivity contribution < 1.29 is 19.1 Å². The Hall–Kier alpha value is -4.44. The van der Waals surface area contributed by atoms with E-state index in [0.29, 0.717) is 41.8 Å². The molecule has 0 saturated heterocycles. The average molecular weight is 584 g/mol. The highest BCUT2D eigenvalue weighted by Crippen LogP contribution is 2.35. The van der Waals surface area contributed by atoms with Gasteiger partial charge in [0.1, 0.15) is 17.6 Å². The number of nitrogens with one attached hydrogen (secondary N) is 2. The number of carbonyl (C=O) groups excluding carboxylic acids is 3. The van der Waals surface area contributed by atoms with Crippen molar-refractivity contribution in [1.29, 1.82) is 0 Å². The summed E-state index contributed by atoms with van der Waals surface area (Å²) in [5.41, 5.74) is 4.46. The molecule has 0 saturated carbocycles. The molecule has 3 aromatic rings.